The lowest BCUT2D eigenvalue weighted by atomic mass is 9.91. The zero-order valence-electron chi connectivity index (χ0n) is 12.8. The quantitative estimate of drug-likeness (QED) is 0.929. The fraction of sp³-hybridized carbons (Fsp3) is 0.500. The van der Waals surface area contributed by atoms with Crippen molar-refractivity contribution in [3.8, 4) is 5.75 Å². The molecule has 21 heavy (non-hydrogen) atoms. The predicted molar refractivity (Wildman–Crippen MR) is 78.1 cm³/mol. The largest absolute Gasteiger partial charge is 0.496 e. The minimum atomic E-state index is -0.953. The number of amides is 1. The van der Waals surface area contributed by atoms with Gasteiger partial charge in [0.2, 0.25) is 5.91 Å². The second-order valence-corrected chi connectivity index (χ2v) is 6.27. The number of ether oxygens (including phenoxy) is 1. The number of aliphatic carboxylic acids is 1. The third kappa shape index (κ3) is 2.73. The minimum Gasteiger partial charge on any atom is -0.496 e. The summed E-state index contributed by atoms with van der Waals surface area (Å²) in [5.41, 5.74) is 0.292. The van der Waals surface area contributed by atoms with E-state index in [-0.39, 0.29) is 12.3 Å². The van der Waals surface area contributed by atoms with Gasteiger partial charge in [0.1, 0.15) is 5.75 Å². The van der Waals surface area contributed by atoms with Gasteiger partial charge < -0.3 is 14.7 Å². The van der Waals surface area contributed by atoms with E-state index in [4.69, 9.17) is 4.74 Å². The first kappa shape index (κ1) is 15.4. The Hall–Kier alpha value is -2.04. The summed E-state index contributed by atoms with van der Waals surface area (Å²) in [6.45, 7) is 5.74. The maximum atomic E-state index is 12.3. The monoisotopic (exact) mass is 291 g/mol. The summed E-state index contributed by atoms with van der Waals surface area (Å²) in [5, 5.41) is 9.49. The molecule has 1 amide bonds. The van der Waals surface area contributed by atoms with Crippen LogP contribution < -0.4 is 4.74 Å². The Labute approximate surface area is 124 Å². The third-order valence-electron chi connectivity index (χ3n) is 3.82. The molecule has 5 heteroatoms. The van der Waals surface area contributed by atoms with E-state index in [0.717, 1.165) is 5.56 Å². The Bertz CT molecular complexity index is 562. The van der Waals surface area contributed by atoms with Crippen LogP contribution in [0.1, 0.15) is 38.8 Å². The highest BCUT2D eigenvalue weighted by molar-refractivity contribution is 5.88. The van der Waals surface area contributed by atoms with E-state index < -0.39 is 23.5 Å². The Balaban J connectivity index is 2.57. The number of likely N-dealkylation sites (tertiary alicyclic amines) is 1. The molecule has 1 fully saturated rings. The van der Waals surface area contributed by atoms with Crippen LogP contribution in [0.25, 0.3) is 0 Å². The number of carbonyl (C=O) groups excluding carboxylic acids is 1. The van der Waals surface area contributed by atoms with Gasteiger partial charge in [0.25, 0.3) is 0 Å². The van der Waals surface area contributed by atoms with Gasteiger partial charge in [-0.2, -0.15) is 0 Å². The third-order valence-corrected chi connectivity index (χ3v) is 3.82. The van der Waals surface area contributed by atoms with Gasteiger partial charge in [0.15, 0.2) is 0 Å². The number of carbonyl (C=O) groups is 2. The maximum absolute atomic E-state index is 12.3. The van der Waals surface area contributed by atoms with E-state index in [0.29, 0.717) is 5.75 Å². The summed E-state index contributed by atoms with van der Waals surface area (Å²) in [4.78, 5) is 25.6. The number of methoxy groups -OCH3 is 1. The second kappa shape index (κ2) is 5.39. The van der Waals surface area contributed by atoms with Crippen molar-refractivity contribution in [2.75, 3.05) is 7.11 Å². The maximum Gasteiger partial charge on any atom is 0.309 e. The topological polar surface area (TPSA) is 66.8 Å². The van der Waals surface area contributed by atoms with E-state index in [1.54, 1.807) is 18.1 Å². The number of benzene rings is 1. The highest BCUT2D eigenvalue weighted by Gasteiger charge is 2.49. The molecule has 114 valence electrons. The Kier molecular flexibility index (Phi) is 3.94. The van der Waals surface area contributed by atoms with E-state index in [2.05, 4.69) is 0 Å². The molecule has 1 aromatic carbocycles. The van der Waals surface area contributed by atoms with E-state index in [9.17, 15) is 14.7 Å². The summed E-state index contributed by atoms with van der Waals surface area (Å²) >= 11 is 0. The summed E-state index contributed by atoms with van der Waals surface area (Å²) in [5.74, 6) is -1.23. The number of hydrogen-bond donors (Lipinski definition) is 1. The molecule has 0 radical (unpaired) electrons. The molecule has 1 aliphatic rings. The van der Waals surface area contributed by atoms with Gasteiger partial charge in [-0.25, -0.2) is 0 Å². The van der Waals surface area contributed by atoms with Crippen LogP contribution in [-0.2, 0) is 9.59 Å². The molecule has 1 saturated heterocycles. The number of rotatable bonds is 3. The van der Waals surface area contributed by atoms with Crippen molar-refractivity contribution < 1.29 is 19.4 Å². The van der Waals surface area contributed by atoms with Crippen molar-refractivity contribution in [1.82, 2.24) is 4.90 Å². The average molecular weight is 291 g/mol. The first-order chi connectivity index (χ1) is 9.77. The van der Waals surface area contributed by atoms with Crippen LogP contribution in [0.5, 0.6) is 5.75 Å². The van der Waals surface area contributed by atoms with Crippen LogP contribution in [-0.4, -0.2) is 34.5 Å². The van der Waals surface area contributed by atoms with Gasteiger partial charge in [0, 0.05) is 17.5 Å². The van der Waals surface area contributed by atoms with Crippen LogP contribution in [0.15, 0.2) is 24.3 Å². The van der Waals surface area contributed by atoms with Crippen molar-refractivity contribution in [2.45, 2.75) is 38.8 Å². The number of para-hydroxylation sites is 1. The Morgan fingerprint density at radius 3 is 2.48 bits per heavy atom. The lowest BCUT2D eigenvalue weighted by molar-refractivity contribution is -0.142. The first-order valence-corrected chi connectivity index (χ1v) is 6.95. The fourth-order valence-corrected chi connectivity index (χ4v) is 3.01. The molecule has 2 atom stereocenters. The predicted octanol–water partition coefficient (Wildman–Crippen LogP) is 2.47. The molecule has 2 rings (SSSR count). The molecule has 0 aliphatic carbocycles. The zero-order chi connectivity index (χ0) is 15.8. The number of hydrogen-bond acceptors (Lipinski definition) is 3. The van der Waals surface area contributed by atoms with Crippen LogP contribution in [0, 0.1) is 5.92 Å². The van der Waals surface area contributed by atoms with E-state index >= 15 is 0 Å². The van der Waals surface area contributed by atoms with Gasteiger partial charge >= 0.3 is 5.97 Å². The highest BCUT2D eigenvalue weighted by Crippen LogP contribution is 2.45. The average Bonchev–Trinajstić information content (AvgIpc) is 2.76. The van der Waals surface area contributed by atoms with Gasteiger partial charge in [-0.3, -0.25) is 9.59 Å². The lowest BCUT2D eigenvalue weighted by Crippen LogP contribution is -2.44. The molecule has 1 heterocycles. The van der Waals surface area contributed by atoms with Crippen LogP contribution in [0.2, 0.25) is 0 Å². The number of nitrogens with zero attached hydrogens (tertiary/aromatic N) is 1. The molecule has 2 unspecified atom stereocenters. The molecule has 1 N–H and O–H groups in total. The smallest absolute Gasteiger partial charge is 0.309 e. The van der Waals surface area contributed by atoms with Crippen LogP contribution >= 0.6 is 0 Å². The molecule has 0 spiro atoms. The molecular weight excluding hydrogens is 270 g/mol. The van der Waals surface area contributed by atoms with Gasteiger partial charge in [0.05, 0.1) is 19.1 Å². The summed E-state index contributed by atoms with van der Waals surface area (Å²) in [6.07, 6.45) is 0.0231. The molecule has 1 aliphatic heterocycles. The van der Waals surface area contributed by atoms with E-state index in [1.165, 1.54) is 0 Å². The molecule has 0 bridgehead atoms. The Morgan fingerprint density at radius 2 is 1.95 bits per heavy atom. The molecule has 1 aromatic rings. The van der Waals surface area contributed by atoms with E-state index in [1.807, 2.05) is 39.0 Å². The molecule has 5 nitrogen and oxygen atoms in total. The van der Waals surface area contributed by atoms with Crippen LogP contribution in [0.4, 0.5) is 0 Å². The number of carboxylic acids is 1. The normalized spacial score (nSPS) is 22.5. The summed E-state index contributed by atoms with van der Waals surface area (Å²) in [6, 6.07) is 6.77. The van der Waals surface area contributed by atoms with Gasteiger partial charge in [-0.05, 0) is 26.8 Å². The SMILES string of the molecule is COc1ccccc1C1C(C(=O)O)CC(=O)N1C(C)(C)C. The summed E-state index contributed by atoms with van der Waals surface area (Å²) < 4.78 is 5.35. The molecule has 0 aromatic heterocycles. The first-order valence-electron chi connectivity index (χ1n) is 6.95. The minimum absolute atomic E-state index is 0.0231. The van der Waals surface area contributed by atoms with Gasteiger partial charge in [-0.1, -0.05) is 18.2 Å². The lowest BCUT2D eigenvalue weighted by Gasteiger charge is -2.38. The standard InChI is InChI=1S/C16H21NO4/c1-16(2,3)17-13(18)9-11(15(19)20)14(17)10-7-5-6-8-12(10)21-4/h5-8,11,14H,9H2,1-4H3,(H,19,20). The highest BCUT2D eigenvalue weighted by atomic mass is 16.5. The number of carboxylic acid groups (broad SMARTS) is 1. The van der Waals surface area contributed by atoms with Crippen LogP contribution in [0.3, 0.4) is 0 Å². The fourth-order valence-electron chi connectivity index (χ4n) is 3.01. The van der Waals surface area contributed by atoms with Crippen molar-refractivity contribution in [3.63, 3.8) is 0 Å². The van der Waals surface area contributed by atoms with Crippen molar-refractivity contribution in [1.29, 1.82) is 0 Å². The van der Waals surface area contributed by atoms with Gasteiger partial charge in [-0.15, -0.1) is 0 Å². The molecular formula is C16H21NO4. The van der Waals surface area contributed by atoms with Crippen molar-refractivity contribution in [2.24, 2.45) is 5.92 Å². The second-order valence-electron chi connectivity index (χ2n) is 6.27. The zero-order valence-corrected chi connectivity index (χ0v) is 12.8. The summed E-state index contributed by atoms with van der Waals surface area (Å²) in [7, 11) is 1.55. The van der Waals surface area contributed by atoms with Crippen molar-refractivity contribution in [3.05, 3.63) is 29.8 Å². The van der Waals surface area contributed by atoms with Crippen molar-refractivity contribution >= 4 is 11.9 Å². The Morgan fingerprint density at radius 1 is 1.33 bits per heavy atom. The molecule has 0 saturated carbocycles.